The van der Waals surface area contributed by atoms with Crippen LogP contribution >= 0.6 is 0 Å². The van der Waals surface area contributed by atoms with Crippen molar-refractivity contribution in [3.05, 3.63) is 42.2 Å². The van der Waals surface area contributed by atoms with Crippen LogP contribution in [0.5, 0.6) is 0 Å². The molecular formula is C13H14N2O. The van der Waals surface area contributed by atoms with E-state index in [2.05, 4.69) is 4.98 Å². The Hall–Kier alpha value is -1.74. The number of fused-ring (bicyclic) bond motifs is 1. The molecule has 0 radical (unpaired) electrons. The van der Waals surface area contributed by atoms with E-state index in [4.69, 9.17) is 5.73 Å². The second kappa shape index (κ2) is 4.41. The molecule has 3 nitrogen and oxygen atoms in total. The Labute approximate surface area is 94.3 Å². The van der Waals surface area contributed by atoms with Crippen molar-refractivity contribution < 1.29 is 4.79 Å². The number of Topliss-reactive ketones (excluding diaryl/α,β-unsaturated/α-hetero) is 1. The molecule has 2 aromatic rings. The van der Waals surface area contributed by atoms with Crippen LogP contribution in [0.15, 0.2) is 36.7 Å². The highest BCUT2D eigenvalue weighted by atomic mass is 16.1. The summed E-state index contributed by atoms with van der Waals surface area (Å²) in [6.45, 7) is 1.83. The van der Waals surface area contributed by atoms with E-state index in [0.29, 0.717) is 12.0 Å². The molecule has 0 amide bonds. The molecule has 0 saturated heterocycles. The number of ketones is 1. The highest BCUT2D eigenvalue weighted by Crippen LogP contribution is 2.18. The normalized spacial score (nSPS) is 12.6. The van der Waals surface area contributed by atoms with Crippen LogP contribution in [0, 0.1) is 0 Å². The molecule has 1 atom stereocenters. The first-order valence-corrected chi connectivity index (χ1v) is 5.30. The number of rotatable bonds is 3. The van der Waals surface area contributed by atoms with Crippen molar-refractivity contribution in [1.29, 1.82) is 0 Å². The van der Waals surface area contributed by atoms with Crippen molar-refractivity contribution in [3.63, 3.8) is 0 Å². The smallest absolute Gasteiger partial charge is 0.166 e. The molecule has 0 saturated carbocycles. The van der Waals surface area contributed by atoms with Crippen LogP contribution in [0.3, 0.4) is 0 Å². The maximum absolute atomic E-state index is 11.9. The zero-order chi connectivity index (χ0) is 11.5. The molecule has 3 heteroatoms. The van der Waals surface area contributed by atoms with Crippen molar-refractivity contribution in [1.82, 2.24) is 4.98 Å². The van der Waals surface area contributed by atoms with E-state index in [-0.39, 0.29) is 11.8 Å². The van der Waals surface area contributed by atoms with Crippen molar-refractivity contribution in [2.45, 2.75) is 19.4 Å². The van der Waals surface area contributed by atoms with E-state index >= 15 is 0 Å². The number of nitrogens with two attached hydrogens (primary N) is 1. The van der Waals surface area contributed by atoms with Gasteiger partial charge < -0.3 is 5.73 Å². The number of benzene rings is 1. The summed E-state index contributed by atoms with van der Waals surface area (Å²) < 4.78 is 0. The fourth-order valence-electron chi connectivity index (χ4n) is 1.74. The summed E-state index contributed by atoms with van der Waals surface area (Å²) >= 11 is 0. The quantitative estimate of drug-likeness (QED) is 0.796. The Bertz CT molecular complexity index is 515. The number of hydrogen-bond donors (Lipinski definition) is 1. The molecule has 0 aliphatic rings. The van der Waals surface area contributed by atoms with Gasteiger partial charge >= 0.3 is 0 Å². The number of carbonyl (C=O) groups is 1. The van der Waals surface area contributed by atoms with Crippen LogP contribution in [-0.2, 0) is 0 Å². The van der Waals surface area contributed by atoms with Crippen LogP contribution < -0.4 is 5.73 Å². The van der Waals surface area contributed by atoms with Crippen LogP contribution in [0.4, 0.5) is 0 Å². The highest BCUT2D eigenvalue weighted by Gasteiger charge is 2.11. The number of hydrogen-bond acceptors (Lipinski definition) is 3. The van der Waals surface area contributed by atoms with Gasteiger partial charge in [0.05, 0.1) is 0 Å². The molecule has 0 fully saturated rings. The summed E-state index contributed by atoms with van der Waals surface area (Å²) in [6.07, 6.45) is 3.74. The molecule has 0 aliphatic heterocycles. The monoisotopic (exact) mass is 214 g/mol. The zero-order valence-corrected chi connectivity index (χ0v) is 9.18. The van der Waals surface area contributed by atoms with E-state index < -0.39 is 0 Å². The summed E-state index contributed by atoms with van der Waals surface area (Å²) in [4.78, 5) is 16.0. The van der Waals surface area contributed by atoms with E-state index in [0.717, 1.165) is 10.8 Å². The second-order valence-corrected chi connectivity index (χ2v) is 4.01. The number of carbonyl (C=O) groups excluding carboxylic acids is 1. The third-order valence-corrected chi connectivity index (χ3v) is 2.48. The number of aromatic nitrogens is 1. The van der Waals surface area contributed by atoms with Crippen LogP contribution in [0.1, 0.15) is 23.7 Å². The van der Waals surface area contributed by atoms with Gasteiger partial charge in [0.25, 0.3) is 0 Å². The minimum Gasteiger partial charge on any atom is -0.328 e. The minimum absolute atomic E-state index is 0.0549. The van der Waals surface area contributed by atoms with E-state index in [9.17, 15) is 4.79 Å². The predicted octanol–water partition coefficient (Wildman–Crippen LogP) is 2.15. The summed E-state index contributed by atoms with van der Waals surface area (Å²) in [5.41, 5.74) is 6.30. The summed E-state index contributed by atoms with van der Waals surface area (Å²) in [5.74, 6) is 0.0549. The van der Waals surface area contributed by atoms with Gasteiger partial charge in [-0.3, -0.25) is 9.78 Å². The lowest BCUT2D eigenvalue weighted by molar-refractivity contribution is 0.0978. The maximum atomic E-state index is 11.9. The standard InChI is InChI=1S/C13H14N2O/c1-9(14)6-13(16)12-8-15-7-10-4-2-3-5-11(10)12/h2-5,7-9H,6,14H2,1H3. The zero-order valence-electron chi connectivity index (χ0n) is 9.18. The summed E-state index contributed by atoms with van der Waals surface area (Å²) in [6, 6.07) is 7.62. The Kier molecular flexibility index (Phi) is 2.97. The fourth-order valence-corrected chi connectivity index (χ4v) is 1.74. The first-order chi connectivity index (χ1) is 7.68. The molecule has 82 valence electrons. The first-order valence-electron chi connectivity index (χ1n) is 5.30. The largest absolute Gasteiger partial charge is 0.328 e. The first kappa shape index (κ1) is 10.8. The summed E-state index contributed by atoms with van der Waals surface area (Å²) in [7, 11) is 0. The van der Waals surface area contributed by atoms with Crippen LogP contribution in [0.2, 0.25) is 0 Å². The fraction of sp³-hybridized carbons (Fsp3) is 0.231. The van der Waals surface area contributed by atoms with Gasteiger partial charge in [0, 0.05) is 35.8 Å². The lowest BCUT2D eigenvalue weighted by atomic mass is 10.0. The SMILES string of the molecule is CC(N)CC(=O)c1cncc2ccccc12. The molecule has 0 bridgehead atoms. The van der Waals surface area contributed by atoms with E-state index in [1.165, 1.54) is 0 Å². The minimum atomic E-state index is -0.119. The average Bonchev–Trinajstić information content (AvgIpc) is 2.27. The number of nitrogens with zero attached hydrogens (tertiary/aromatic N) is 1. The molecule has 0 aliphatic carbocycles. The Balaban J connectivity index is 2.48. The Morgan fingerprint density at radius 3 is 2.88 bits per heavy atom. The van der Waals surface area contributed by atoms with Gasteiger partial charge in [-0.05, 0) is 12.3 Å². The van der Waals surface area contributed by atoms with Gasteiger partial charge in [-0.1, -0.05) is 24.3 Å². The van der Waals surface area contributed by atoms with Gasteiger partial charge in [-0.15, -0.1) is 0 Å². The van der Waals surface area contributed by atoms with E-state index in [1.807, 2.05) is 31.2 Å². The van der Waals surface area contributed by atoms with Crippen molar-refractivity contribution in [2.24, 2.45) is 5.73 Å². The summed E-state index contributed by atoms with van der Waals surface area (Å²) in [5, 5.41) is 1.93. The third kappa shape index (κ3) is 2.09. The predicted molar refractivity (Wildman–Crippen MR) is 64.3 cm³/mol. The molecule has 16 heavy (non-hydrogen) atoms. The van der Waals surface area contributed by atoms with Crippen molar-refractivity contribution in [2.75, 3.05) is 0 Å². The topological polar surface area (TPSA) is 56.0 Å². The lowest BCUT2D eigenvalue weighted by Crippen LogP contribution is -2.19. The molecule has 1 heterocycles. The average molecular weight is 214 g/mol. The van der Waals surface area contributed by atoms with Crippen molar-refractivity contribution in [3.8, 4) is 0 Å². The molecule has 0 spiro atoms. The number of pyridine rings is 1. The molecule has 1 unspecified atom stereocenters. The van der Waals surface area contributed by atoms with E-state index in [1.54, 1.807) is 12.4 Å². The van der Waals surface area contributed by atoms with Gasteiger partial charge in [-0.2, -0.15) is 0 Å². The highest BCUT2D eigenvalue weighted by molar-refractivity contribution is 6.07. The van der Waals surface area contributed by atoms with Crippen LogP contribution in [0.25, 0.3) is 10.8 Å². The van der Waals surface area contributed by atoms with Gasteiger partial charge in [-0.25, -0.2) is 0 Å². The Morgan fingerprint density at radius 1 is 1.38 bits per heavy atom. The van der Waals surface area contributed by atoms with Crippen molar-refractivity contribution >= 4 is 16.6 Å². The Morgan fingerprint density at radius 2 is 2.12 bits per heavy atom. The molecule has 1 aromatic carbocycles. The van der Waals surface area contributed by atoms with Gasteiger partial charge in [0.15, 0.2) is 5.78 Å². The third-order valence-electron chi connectivity index (χ3n) is 2.48. The van der Waals surface area contributed by atoms with Crippen LogP contribution in [-0.4, -0.2) is 16.8 Å². The molecule has 2 rings (SSSR count). The maximum Gasteiger partial charge on any atom is 0.166 e. The molecule has 1 aromatic heterocycles. The van der Waals surface area contributed by atoms with Gasteiger partial charge in [0.1, 0.15) is 0 Å². The second-order valence-electron chi connectivity index (χ2n) is 4.01. The lowest BCUT2D eigenvalue weighted by Gasteiger charge is -2.06. The van der Waals surface area contributed by atoms with Gasteiger partial charge in [0.2, 0.25) is 0 Å². The molecular weight excluding hydrogens is 200 g/mol. The molecule has 2 N–H and O–H groups in total.